The Morgan fingerprint density at radius 3 is 2.56 bits per heavy atom. The number of ether oxygens (including phenoxy) is 2. The lowest BCUT2D eigenvalue weighted by Crippen LogP contribution is -2.51. The van der Waals surface area contributed by atoms with Crippen molar-refractivity contribution < 1.29 is 19.4 Å². The second kappa shape index (κ2) is 12.2. The van der Waals surface area contributed by atoms with E-state index < -0.39 is 5.97 Å². The first kappa shape index (κ1) is 30.2. The fraction of sp³-hybridized carbons (Fsp3) is 0.703. The van der Waals surface area contributed by atoms with Crippen molar-refractivity contribution in [1.29, 1.82) is 0 Å². The Bertz CT molecular complexity index is 1150. The van der Waals surface area contributed by atoms with Gasteiger partial charge in [-0.15, -0.1) is 0 Å². The Labute approximate surface area is 249 Å². The summed E-state index contributed by atoms with van der Waals surface area (Å²) in [4.78, 5) is 12.2. The number of carboxylic acids is 1. The predicted molar refractivity (Wildman–Crippen MR) is 167 cm³/mol. The number of carboxylic acid groups (broad SMARTS) is 1. The lowest BCUT2D eigenvalue weighted by Gasteiger charge is -2.58. The van der Waals surface area contributed by atoms with E-state index in [-0.39, 0.29) is 17.3 Å². The number of para-hydroxylation sites is 1. The number of benzene rings is 1. The molecule has 0 amide bonds. The first-order chi connectivity index (χ1) is 19.6. The van der Waals surface area contributed by atoms with Crippen LogP contribution in [0.2, 0.25) is 0 Å². The molecule has 0 bridgehead atoms. The Kier molecular flexibility index (Phi) is 8.98. The van der Waals surface area contributed by atoms with Crippen LogP contribution in [-0.2, 0) is 9.53 Å². The standard InChI is InChI=1S/C37H54O4/c1-24(2)10-9-11-25(3)30-16-17-31-29-15-14-27-23-28(18-20-36(27,4)32(29)19-21-37(30,31)5)41-34(35(38)39)22-26-12-7-8-13-33(26)40-6/h7-8,12-14,22,24-25,28-32H,9-11,15-21,23H2,1-6H3,(H,38,39)/b34-22+/t25-,28?,29+,30-,31+,32+,36+,37-/m1/s1. The van der Waals surface area contributed by atoms with Crippen LogP contribution in [-0.4, -0.2) is 24.3 Å². The van der Waals surface area contributed by atoms with Gasteiger partial charge < -0.3 is 14.6 Å². The van der Waals surface area contributed by atoms with Crippen molar-refractivity contribution in [3.63, 3.8) is 0 Å². The van der Waals surface area contributed by atoms with E-state index in [0.29, 0.717) is 11.2 Å². The zero-order chi connectivity index (χ0) is 29.4. The molecule has 0 saturated heterocycles. The van der Waals surface area contributed by atoms with E-state index in [9.17, 15) is 9.90 Å². The quantitative estimate of drug-likeness (QED) is 0.175. The number of aliphatic carboxylic acids is 1. The molecular formula is C37H54O4. The van der Waals surface area contributed by atoms with Crippen molar-refractivity contribution in [3.8, 4) is 5.75 Å². The average molecular weight is 563 g/mol. The fourth-order valence-electron chi connectivity index (χ4n) is 10.0. The molecule has 0 spiro atoms. The highest BCUT2D eigenvalue weighted by atomic mass is 16.5. The molecule has 4 aliphatic rings. The molecule has 0 heterocycles. The summed E-state index contributed by atoms with van der Waals surface area (Å²) in [6.45, 7) is 12.5. The van der Waals surface area contributed by atoms with Crippen molar-refractivity contribution >= 4 is 12.0 Å². The third-order valence-corrected chi connectivity index (χ3v) is 12.2. The largest absolute Gasteiger partial charge is 0.496 e. The molecule has 3 fully saturated rings. The molecule has 8 atom stereocenters. The molecule has 0 aliphatic heterocycles. The maximum atomic E-state index is 12.2. The van der Waals surface area contributed by atoms with Crippen LogP contribution in [0.3, 0.4) is 0 Å². The molecular weight excluding hydrogens is 508 g/mol. The lowest BCUT2D eigenvalue weighted by atomic mass is 9.47. The number of hydrogen-bond acceptors (Lipinski definition) is 3. The van der Waals surface area contributed by atoms with Crippen molar-refractivity contribution in [2.75, 3.05) is 7.11 Å². The van der Waals surface area contributed by atoms with Crippen molar-refractivity contribution in [2.24, 2.45) is 46.3 Å². The van der Waals surface area contributed by atoms with Crippen LogP contribution in [0.4, 0.5) is 0 Å². The van der Waals surface area contributed by atoms with Gasteiger partial charge in [0.15, 0.2) is 0 Å². The van der Waals surface area contributed by atoms with Gasteiger partial charge in [0, 0.05) is 12.0 Å². The van der Waals surface area contributed by atoms with Crippen LogP contribution >= 0.6 is 0 Å². The zero-order valence-electron chi connectivity index (χ0n) is 26.5. The van der Waals surface area contributed by atoms with Crippen LogP contribution < -0.4 is 4.74 Å². The number of allylic oxidation sites excluding steroid dienone is 1. The van der Waals surface area contributed by atoms with Gasteiger partial charge in [-0.25, -0.2) is 4.79 Å². The molecule has 226 valence electrons. The summed E-state index contributed by atoms with van der Waals surface area (Å²) in [5.74, 6) is 4.56. The molecule has 1 aromatic rings. The summed E-state index contributed by atoms with van der Waals surface area (Å²) in [6.07, 6.45) is 17.8. The molecule has 3 saturated carbocycles. The predicted octanol–water partition coefficient (Wildman–Crippen LogP) is 9.55. The molecule has 1 N–H and O–H groups in total. The van der Waals surface area contributed by atoms with Crippen LogP contribution in [0.25, 0.3) is 6.08 Å². The number of carbonyl (C=O) groups is 1. The minimum Gasteiger partial charge on any atom is -0.496 e. The zero-order valence-corrected chi connectivity index (χ0v) is 26.5. The van der Waals surface area contributed by atoms with Gasteiger partial charge in [-0.05, 0) is 103 Å². The normalized spacial score (nSPS) is 35.6. The van der Waals surface area contributed by atoms with Gasteiger partial charge in [0.2, 0.25) is 5.76 Å². The number of methoxy groups -OCH3 is 1. The SMILES string of the molecule is COc1ccccc1/C=C(/OC1CC[C@@]2(C)C(=CC[C@H]3[C@@H]4CC[C@H]([C@H](C)CCCC(C)C)[C@@]4(C)CC[C@@H]32)C1)C(=O)O. The van der Waals surface area contributed by atoms with Gasteiger partial charge in [0.25, 0.3) is 0 Å². The maximum absolute atomic E-state index is 12.2. The van der Waals surface area contributed by atoms with Crippen molar-refractivity contribution in [2.45, 2.75) is 111 Å². The van der Waals surface area contributed by atoms with Gasteiger partial charge in [-0.1, -0.05) is 83.7 Å². The Balaban J connectivity index is 1.28. The van der Waals surface area contributed by atoms with Gasteiger partial charge in [-0.2, -0.15) is 0 Å². The van der Waals surface area contributed by atoms with Gasteiger partial charge in [0.1, 0.15) is 11.9 Å². The van der Waals surface area contributed by atoms with Gasteiger partial charge in [0.05, 0.1) is 7.11 Å². The van der Waals surface area contributed by atoms with Gasteiger partial charge >= 0.3 is 5.97 Å². The third kappa shape index (κ3) is 5.87. The maximum Gasteiger partial charge on any atom is 0.371 e. The van der Waals surface area contributed by atoms with E-state index in [1.807, 2.05) is 24.3 Å². The highest BCUT2D eigenvalue weighted by Crippen LogP contribution is 2.67. The summed E-state index contributed by atoms with van der Waals surface area (Å²) in [5, 5.41) is 9.96. The molecule has 4 nitrogen and oxygen atoms in total. The molecule has 1 aromatic carbocycles. The average Bonchev–Trinajstić information content (AvgIpc) is 3.30. The summed E-state index contributed by atoms with van der Waals surface area (Å²) in [6, 6.07) is 7.48. The lowest BCUT2D eigenvalue weighted by molar-refractivity contribution is -0.138. The van der Waals surface area contributed by atoms with E-state index in [4.69, 9.17) is 9.47 Å². The van der Waals surface area contributed by atoms with Crippen molar-refractivity contribution in [3.05, 3.63) is 47.2 Å². The second-order valence-corrected chi connectivity index (χ2v) is 14.8. The number of hydrogen-bond donors (Lipinski definition) is 1. The molecule has 5 rings (SSSR count). The second-order valence-electron chi connectivity index (χ2n) is 14.8. The minimum absolute atomic E-state index is 0.00494. The Morgan fingerprint density at radius 1 is 1.05 bits per heavy atom. The van der Waals surface area contributed by atoms with Crippen LogP contribution in [0.15, 0.2) is 41.7 Å². The van der Waals surface area contributed by atoms with E-state index in [1.54, 1.807) is 13.2 Å². The van der Waals surface area contributed by atoms with Crippen LogP contribution in [0.1, 0.15) is 111 Å². The van der Waals surface area contributed by atoms with Crippen molar-refractivity contribution in [1.82, 2.24) is 0 Å². The molecule has 1 unspecified atom stereocenters. The fourth-order valence-corrected chi connectivity index (χ4v) is 10.0. The van der Waals surface area contributed by atoms with E-state index in [0.717, 1.165) is 60.3 Å². The minimum atomic E-state index is -1.03. The smallest absolute Gasteiger partial charge is 0.371 e. The van der Waals surface area contributed by atoms with Gasteiger partial charge in [-0.3, -0.25) is 0 Å². The van der Waals surface area contributed by atoms with E-state index in [1.165, 1.54) is 56.9 Å². The number of rotatable bonds is 10. The number of fused-ring (bicyclic) bond motifs is 5. The van der Waals surface area contributed by atoms with E-state index >= 15 is 0 Å². The Morgan fingerprint density at radius 2 is 1.83 bits per heavy atom. The van der Waals surface area contributed by atoms with E-state index in [2.05, 4.69) is 40.7 Å². The summed E-state index contributed by atoms with van der Waals surface area (Å²) < 4.78 is 11.7. The highest BCUT2D eigenvalue weighted by Gasteiger charge is 2.59. The molecule has 4 aliphatic carbocycles. The highest BCUT2D eigenvalue weighted by molar-refractivity contribution is 5.90. The third-order valence-electron chi connectivity index (χ3n) is 12.2. The molecule has 0 radical (unpaired) electrons. The van der Waals surface area contributed by atoms with Crippen LogP contribution in [0, 0.1) is 46.3 Å². The van der Waals surface area contributed by atoms with Crippen LogP contribution in [0.5, 0.6) is 5.75 Å². The Hall–Kier alpha value is -2.23. The summed E-state index contributed by atoms with van der Waals surface area (Å²) in [5.41, 5.74) is 2.97. The molecule has 4 heteroatoms. The topological polar surface area (TPSA) is 55.8 Å². The monoisotopic (exact) mass is 562 g/mol. The first-order valence-electron chi connectivity index (χ1n) is 16.5. The first-order valence-corrected chi connectivity index (χ1v) is 16.5. The summed E-state index contributed by atoms with van der Waals surface area (Å²) in [7, 11) is 1.60. The molecule has 0 aromatic heterocycles. The summed E-state index contributed by atoms with van der Waals surface area (Å²) >= 11 is 0. The molecule has 41 heavy (non-hydrogen) atoms.